The third kappa shape index (κ3) is 4.54. The van der Waals surface area contributed by atoms with E-state index in [0.29, 0.717) is 11.3 Å². The third-order valence-electron chi connectivity index (χ3n) is 2.43. The van der Waals surface area contributed by atoms with Gasteiger partial charge >= 0.3 is 5.97 Å². The molecule has 0 unspecified atom stereocenters. The second-order valence-corrected chi connectivity index (χ2v) is 6.09. The number of nitrogens with zero attached hydrogens (tertiary/aromatic N) is 1. The van der Waals surface area contributed by atoms with Gasteiger partial charge in [0.2, 0.25) is 10.0 Å². The fourth-order valence-corrected chi connectivity index (χ4v) is 2.44. The van der Waals surface area contributed by atoms with Crippen LogP contribution in [0, 0.1) is 6.92 Å². The van der Waals surface area contributed by atoms with Crippen molar-refractivity contribution in [2.45, 2.75) is 6.92 Å². The normalized spacial score (nSPS) is 10.9. The zero-order valence-electron chi connectivity index (χ0n) is 11.2. The smallest absolute Gasteiger partial charge is 0.327 e. The molecule has 0 saturated carbocycles. The molecule has 0 aliphatic heterocycles. The number of nitrogens with two attached hydrogens (primary N) is 1. The Balaban J connectivity index is 2.96. The first kappa shape index (κ1) is 16.0. The van der Waals surface area contributed by atoms with Gasteiger partial charge in [-0.2, -0.15) is 0 Å². The first-order valence-corrected chi connectivity index (χ1v) is 7.54. The fourth-order valence-electron chi connectivity index (χ4n) is 1.54. The lowest BCUT2D eigenvalue weighted by atomic mass is 10.2. The van der Waals surface area contributed by atoms with Gasteiger partial charge in [0, 0.05) is 0 Å². The summed E-state index contributed by atoms with van der Waals surface area (Å²) in [6.07, 6.45) is 0.987. The summed E-state index contributed by atoms with van der Waals surface area (Å²) in [6, 6.07) is 6.72. The average Bonchev–Trinajstić information content (AvgIpc) is 2.33. The van der Waals surface area contributed by atoms with Crippen molar-refractivity contribution in [2.75, 3.05) is 23.7 Å². The molecule has 110 valence electrons. The van der Waals surface area contributed by atoms with Crippen LogP contribution >= 0.6 is 0 Å². The van der Waals surface area contributed by atoms with Crippen molar-refractivity contribution in [3.8, 4) is 0 Å². The SMILES string of the molecule is Cc1ccccc1N(CC(=O)OCC(N)=O)S(C)(=O)=O. The Kier molecular flexibility index (Phi) is 5.09. The minimum absolute atomic E-state index is 0.381. The van der Waals surface area contributed by atoms with Gasteiger partial charge in [0.15, 0.2) is 6.61 Å². The van der Waals surface area contributed by atoms with E-state index in [1.807, 2.05) is 0 Å². The van der Waals surface area contributed by atoms with Crippen LogP contribution in [0.25, 0.3) is 0 Å². The molecule has 1 amide bonds. The van der Waals surface area contributed by atoms with E-state index in [0.717, 1.165) is 10.6 Å². The monoisotopic (exact) mass is 300 g/mol. The lowest BCUT2D eigenvalue weighted by Gasteiger charge is -2.22. The maximum atomic E-state index is 11.8. The summed E-state index contributed by atoms with van der Waals surface area (Å²) in [6.45, 7) is 0.628. The van der Waals surface area contributed by atoms with Gasteiger partial charge < -0.3 is 10.5 Å². The molecule has 1 aromatic carbocycles. The number of carbonyl (C=O) groups is 2. The average molecular weight is 300 g/mol. The van der Waals surface area contributed by atoms with Crippen LogP contribution in [0.1, 0.15) is 5.56 Å². The number of primary amides is 1. The number of para-hydroxylation sites is 1. The molecule has 0 aromatic heterocycles. The minimum Gasteiger partial charge on any atom is -0.454 e. The van der Waals surface area contributed by atoms with E-state index in [1.165, 1.54) is 0 Å². The number of hydrogen-bond acceptors (Lipinski definition) is 5. The van der Waals surface area contributed by atoms with Gasteiger partial charge in [-0.3, -0.25) is 13.9 Å². The number of aryl methyl sites for hydroxylation is 1. The number of anilines is 1. The molecule has 0 aliphatic carbocycles. The molecular weight excluding hydrogens is 284 g/mol. The summed E-state index contributed by atoms with van der Waals surface area (Å²) >= 11 is 0. The molecule has 0 heterocycles. The van der Waals surface area contributed by atoms with E-state index in [4.69, 9.17) is 5.73 Å². The van der Waals surface area contributed by atoms with Gasteiger partial charge in [-0.05, 0) is 18.6 Å². The van der Waals surface area contributed by atoms with Crippen molar-refractivity contribution in [3.05, 3.63) is 29.8 Å². The van der Waals surface area contributed by atoms with Crippen LogP contribution in [0.3, 0.4) is 0 Å². The first-order valence-electron chi connectivity index (χ1n) is 5.69. The standard InChI is InChI=1S/C12H16N2O5S/c1-9-5-3-4-6-10(9)14(20(2,17)18)7-12(16)19-8-11(13)15/h3-6H,7-8H2,1-2H3,(H2,13,15). The lowest BCUT2D eigenvalue weighted by Crippen LogP contribution is -2.37. The van der Waals surface area contributed by atoms with Gasteiger partial charge in [-0.15, -0.1) is 0 Å². The Hall–Kier alpha value is -2.09. The second kappa shape index (κ2) is 6.38. The minimum atomic E-state index is -3.66. The van der Waals surface area contributed by atoms with Crippen LogP contribution in [-0.2, 0) is 24.3 Å². The number of carbonyl (C=O) groups excluding carboxylic acids is 2. The predicted octanol–water partition coefficient (Wildman–Crippen LogP) is -0.210. The van der Waals surface area contributed by atoms with Crippen LogP contribution in [0.15, 0.2) is 24.3 Å². The molecule has 0 saturated heterocycles. The summed E-state index contributed by atoms with van der Waals surface area (Å²) in [5, 5.41) is 0. The second-order valence-electron chi connectivity index (χ2n) is 4.18. The maximum Gasteiger partial charge on any atom is 0.327 e. The van der Waals surface area contributed by atoms with Gasteiger partial charge in [0.25, 0.3) is 5.91 Å². The molecular formula is C12H16N2O5S. The zero-order valence-corrected chi connectivity index (χ0v) is 12.0. The summed E-state index contributed by atoms with van der Waals surface area (Å²) in [5.41, 5.74) is 5.92. The van der Waals surface area contributed by atoms with Gasteiger partial charge in [0.1, 0.15) is 6.54 Å². The topological polar surface area (TPSA) is 107 Å². The molecule has 0 fully saturated rings. The molecule has 1 aromatic rings. The van der Waals surface area contributed by atoms with Gasteiger partial charge in [-0.1, -0.05) is 18.2 Å². The van der Waals surface area contributed by atoms with Crippen LogP contribution in [0.4, 0.5) is 5.69 Å². The van der Waals surface area contributed by atoms with E-state index in [1.54, 1.807) is 31.2 Å². The number of rotatable bonds is 6. The number of sulfonamides is 1. The summed E-state index contributed by atoms with van der Waals surface area (Å²) in [4.78, 5) is 22.1. The Labute approximate surface area is 117 Å². The number of hydrogen-bond donors (Lipinski definition) is 1. The van der Waals surface area contributed by atoms with Crippen molar-refractivity contribution in [1.29, 1.82) is 0 Å². The number of amides is 1. The summed E-state index contributed by atoms with van der Waals surface area (Å²) < 4.78 is 29.1. The molecule has 0 atom stereocenters. The molecule has 0 bridgehead atoms. The Bertz CT molecular complexity index is 612. The molecule has 1 rings (SSSR count). The van der Waals surface area contributed by atoms with Gasteiger partial charge in [-0.25, -0.2) is 8.42 Å². The Morgan fingerprint density at radius 2 is 1.90 bits per heavy atom. The van der Waals surface area contributed by atoms with E-state index in [-0.39, 0.29) is 0 Å². The number of ether oxygens (including phenoxy) is 1. The zero-order chi connectivity index (χ0) is 15.3. The molecule has 7 nitrogen and oxygen atoms in total. The Morgan fingerprint density at radius 3 is 2.40 bits per heavy atom. The number of benzene rings is 1. The number of esters is 1. The van der Waals surface area contributed by atoms with E-state index >= 15 is 0 Å². The third-order valence-corrected chi connectivity index (χ3v) is 3.56. The first-order chi connectivity index (χ1) is 9.21. The van der Waals surface area contributed by atoms with Crippen molar-refractivity contribution in [1.82, 2.24) is 0 Å². The molecule has 0 aliphatic rings. The highest BCUT2D eigenvalue weighted by atomic mass is 32.2. The van der Waals surface area contributed by atoms with Crippen LogP contribution < -0.4 is 10.0 Å². The predicted molar refractivity (Wildman–Crippen MR) is 73.5 cm³/mol. The molecule has 0 radical (unpaired) electrons. The summed E-state index contributed by atoms with van der Waals surface area (Å²) in [7, 11) is -3.66. The highest BCUT2D eigenvalue weighted by molar-refractivity contribution is 7.92. The largest absolute Gasteiger partial charge is 0.454 e. The maximum absolute atomic E-state index is 11.8. The van der Waals surface area contributed by atoms with Crippen LogP contribution in [-0.4, -0.2) is 39.7 Å². The van der Waals surface area contributed by atoms with Gasteiger partial charge in [0.05, 0.1) is 11.9 Å². The van der Waals surface area contributed by atoms with E-state index in [9.17, 15) is 18.0 Å². The fraction of sp³-hybridized carbons (Fsp3) is 0.333. The van der Waals surface area contributed by atoms with Crippen LogP contribution in [0.2, 0.25) is 0 Å². The Morgan fingerprint density at radius 1 is 1.30 bits per heavy atom. The van der Waals surface area contributed by atoms with E-state index in [2.05, 4.69) is 4.74 Å². The lowest BCUT2D eigenvalue weighted by molar-refractivity contribution is -0.146. The highest BCUT2D eigenvalue weighted by Crippen LogP contribution is 2.21. The van der Waals surface area contributed by atoms with Crippen LogP contribution in [0.5, 0.6) is 0 Å². The van der Waals surface area contributed by atoms with Crippen molar-refractivity contribution >= 4 is 27.6 Å². The molecule has 0 spiro atoms. The van der Waals surface area contributed by atoms with Crippen molar-refractivity contribution in [3.63, 3.8) is 0 Å². The quantitative estimate of drug-likeness (QED) is 0.731. The van der Waals surface area contributed by atoms with E-state index < -0.39 is 35.1 Å². The molecule has 20 heavy (non-hydrogen) atoms. The molecule has 8 heteroatoms. The summed E-state index contributed by atoms with van der Waals surface area (Å²) in [5.74, 6) is -1.65. The molecule has 2 N–H and O–H groups in total. The van der Waals surface area contributed by atoms with Crippen molar-refractivity contribution < 1.29 is 22.7 Å². The van der Waals surface area contributed by atoms with Crippen molar-refractivity contribution in [2.24, 2.45) is 5.73 Å². The highest BCUT2D eigenvalue weighted by Gasteiger charge is 2.23.